The molecule has 0 saturated heterocycles. The topological polar surface area (TPSA) is 21.3 Å². The molecule has 1 aromatic rings. The van der Waals surface area contributed by atoms with Crippen molar-refractivity contribution in [3.8, 4) is 5.75 Å². The number of hydrogen-bond donors (Lipinski definition) is 1. The molecule has 0 radical (unpaired) electrons. The van der Waals surface area contributed by atoms with Gasteiger partial charge in [0.05, 0.1) is 0 Å². The van der Waals surface area contributed by atoms with Crippen LogP contribution in [0.25, 0.3) is 0 Å². The average molecular weight is 268 g/mol. The fourth-order valence-electron chi connectivity index (χ4n) is 1.59. The number of benzene rings is 1. The summed E-state index contributed by atoms with van der Waals surface area (Å²) in [5.41, 5.74) is 4.92. The number of ether oxygens (including phenoxy) is 1. The molecule has 0 atom stereocenters. The lowest BCUT2D eigenvalue weighted by Gasteiger charge is -2.16. The van der Waals surface area contributed by atoms with Gasteiger partial charge in [-0.3, -0.25) is 0 Å². The van der Waals surface area contributed by atoms with Crippen molar-refractivity contribution in [2.24, 2.45) is 0 Å². The van der Waals surface area contributed by atoms with E-state index >= 15 is 0 Å². The van der Waals surface area contributed by atoms with Crippen LogP contribution in [0.1, 0.15) is 31.9 Å². The van der Waals surface area contributed by atoms with Gasteiger partial charge in [-0.1, -0.05) is 43.6 Å². The number of halogens is 1. The van der Waals surface area contributed by atoms with Crippen LogP contribution in [0.3, 0.4) is 0 Å². The quantitative estimate of drug-likeness (QED) is 0.841. The second-order valence-electron chi connectivity index (χ2n) is 4.84. The van der Waals surface area contributed by atoms with Gasteiger partial charge in [-0.2, -0.15) is 0 Å². The first-order chi connectivity index (χ1) is 8.54. The summed E-state index contributed by atoms with van der Waals surface area (Å²) >= 11 is 5.65. The van der Waals surface area contributed by atoms with Gasteiger partial charge >= 0.3 is 0 Å². The van der Waals surface area contributed by atoms with Crippen molar-refractivity contribution in [3.63, 3.8) is 0 Å². The fourth-order valence-corrected chi connectivity index (χ4v) is 1.65. The molecule has 0 bridgehead atoms. The Morgan fingerprint density at radius 1 is 1.44 bits per heavy atom. The maximum Gasteiger partial charge on any atom is 0.127 e. The maximum absolute atomic E-state index is 5.86. The molecule has 0 aliphatic rings. The lowest BCUT2D eigenvalue weighted by atomic mass is 10.1. The molecule has 0 aliphatic heterocycles. The summed E-state index contributed by atoms with van der Waals surface area (Å²) < 4.78 is 5.86. The number of nitrogens with one attached hydrogen (secondary N) is 1. The largest absolute Gasteiger partial charge is 0.489 e. The predicted molar refractivity (Wildman–Crippen MR) is 78.3 cm³/mol. The van der Waals surface area contributed by atoms with E-state index in [1.54, 1.807) is 5.54 Å². The molecular weight excluding hydrogens is 246 g/mol. The lowest BCUT2D eigenvalue weighted by molar-refractivity contribution is 0.344. The van der Waals surface area contributed by atoms with Gasteiger partial charge in [0.25, 0.3) is 0 Å². The smallest absolute Gasteiger partial charge is 0.127 e. The van der Waals surface area contributed by atoms with Crippen LogP contribution in [0.4, 0.5) is 0 Å². The number of rotatable bonds is 6. The van der Waals surface area contributed by atoms with Crippen molar-refractivity contribution in [2.75, 3.05) is 6.61 Å². The summed E-state index contributed by atoms with van der Waals surface area (Å²) in [5.74, 6) is 0.962. The monoisotopic (exact) mass is 267 g/mol. The summed E-state index contributed by atoms with van der Waals surface area (Å²) in [7, 11) is 0. The first-order valence-electron chi connectivity index (χ1n) is 6.25. The zero-order valence-corrected chi connectivity index (χ0v) is 12.3. The van der Waals surface area contributed by atoms with E-state index in [1.807, 2.05) is 6.92 Å². The van der Waals surface area contributed by atoms with E-state index in [9.17, 15) is 0 Å². The molecule has 100 valence electrons. The highest BCUT2D eigenvalue weighted by molar-refractivity contribution is 6.25. The van der Waals surface area contributed by atoms with Crippen LogP contribution in [-0.2, 0) is 6.54 Å². The highest BCUT2D eigenvalue weighted by Crippen LogP contribution is 2.24. The Hall–Kier alpha value is -0.990. The summed E-state index contributed by atoms with van der Waals surface area (Å²) in [6.07, 6.45) is 0. The fraction of sp³-hybridized carbons (Fsp3) is 0.467. The van der Waals surface area contributed by atoms with Crippen molar-refractivity contribution in [1.29, 1.82) is 0 Å². The SMILES string of the molecule is C/C(=C\Cl)COc1c(C)cccc1CNC(C)C. The average Bonchev–Trinajstić information content (AvgIpc) is 2.34. The zero-order chi connectivity index (χ0) is 13.5. The molecule has 1 N–H and O–H groups in total. The molecule has 0 amide bonds. The molecule has 0 heterocycles. The first kappa shape index (κ1) is 15.1. The van der Waals surface area contributed by atoms with Crippen LogP contribution < -0.4 is 10.1 Å². The second-order valence-corrected chi connectivity index (χ2v) is 5.06. The summed E-state index contributed by atoms with van der Waals surface area (Å²) in [6.45, 7) is 9.64. The number of para-hydroxylation sites is 1. The van der Waals surface area contributed by atoms with Gasteiger partial charge < -0.3 is 10.1 Å². The predicted octanol–water partition coefficient (Wildman–Crippen LogP) is 4.01. The van der Waals surface area contributed by atoms with E-state index in [0.29, 0.717) is 12.6 Å². The van der Waals surface area contributed by atoms with Crippen LogP contribution in [0.2, 0.25) is 0 Å². The molecule has 0 aliphatic carbocycles. The van der Waals surface area contributed by atoms with Gasteiger partial charge in [0, 0.05) is 23.7 Å². The molecular formula is C15H22ClNO. The maximum atomic E-state index is 5.86. The highest BCUT2D eigenvalue weighted by atomic mass is 35.5. The van der Waals surface area contributed by atoms with E-state index in [2.05, 4.69) is 44.3 Å². The Bertz CT molecular complexity index is 413. The second kappa shape index (κ2) is 7.45. The van der Waals surface area contributed by atoms with E-state index in [0.717, 1.165) is 23.4 Å². The molecule has 1 rings (SSSR count). The van der Waals surface area contributed by atoms with Gasteiger partial charge in [-0.15, -0.1) is 0 Å². The van der Waals surface area contributed by atoms with Gasteiger partial charge in [0.15, 0.2) is 0 Å². The molecule has 0 fully saturated rings. The zero-order valence-electron chi connectivity index (χ0n) is 11.6. The van der Waals surface area contributed by atoms with Crippen molar-refractivity contribution < 1.29 is 4.74 Å². The molecule has 0 saturated carbocycles. The van der Waals surface area contributed by atoms with Crippen molar-refractivity contribution >= 4 is 11.6 Å². The third kappa shape index (κ3) is 4.71. The highest BCUT2D eigenvalue weighted by Gasteiger charge is 2.07. The summed E-state index contributed by atoms with van der Waals surface area (Å²) in [5, 5.41) is 3.41. The van der Waals surface area contributed by atoms with Gasteiger partial charge in [-0.05, 0) is 25.0 Å². The number of aryl methyl sites for hydroxylation is 1. The molecule has 2 nitrogen and oxygen atoms in total. The van der Waals surface area contributed by atoms with Crippen LogP contribution in [0.15, 0.2) is 29.3 Å². The van der Waals surface area contributed by atoms with Crippen molar-refractivity contribution in [1.82, 2.24) is 5.32 Å². The van der Waals surface area contributed by atoms with Gasteiger partial charge in [0.1, 0.15) is 12.4 Å². The normalized spacial score (nSPS) is 12.0. The van der Waals surface area contributed by atoms with Crippen molar-refractivity contribution in [3.05, 3.63) is 40.4 Å². The van der Waals surface area contributed by atoms with Crippen LogP contribution in [0.5, 0.6) is 5.75 Å². The lowest BCUT2D eigenvalue weighted by Crippen LogP contribution is -2.22. The molecule has 0 unspecified atom stereocenters. The Morgan fingerprint density at radius 2 is 2.17 bits per heavy atom. The Balaban J connectivity index is 2.80. The molecule has 3 heteroatoms. The standard InChI is InChI=1S/C15H22ClNO/c1-11(2)17-9-14-7-5-6-13(4)15(14)18-10-12(3)8-16/h5-8,11,17H,9-10H2,1-4H3/b12-8+. The molecule has 0 aromatic heterocycles. The minimum atomic E-state index is 0.461. The van der Waals surface area contributed by atoms with E-state index in [4.69, 9.17) is 16.3 Å². The molecule has 1 aromatic carbocycles. The van der Waals surface area contributed by atoms with Crippen molar-refractivity contribution in [2.45, 2.75) is 40.3 Å². The Kier molecular flexibility index (Phi) is 6.23. The minimum absolute atomic E-state index is 0.461. The van der Waals surface area contributed by atoms with Crippen LogP contribution in [-0.4, -0.2) is 12.6 Å². The van der Waals surface area contributed by atoms with E-state index in [1.165, 1.54) is 5.56 Å². The summed E-state index contributed by atoms with van der Waals surface area (Å²) in [4.78, 5) is 0. The Labute approximate surface area is 115 Å². The van der Waals surface area contributed by atoms with Crippen LogP contribution >= 0.6 is 11.6 Å². The third-order valence-electron chi connectivity index (χ3n) is 2.62. The minimum Gasteiger partial charge on any atom is -0.489 e. The van der Waals surface area contributed by atoms with E-state index < -0.39 is 0 Å². The van der Waals surface area contributed by atoms with Crippen LogP contribution in [0, 0.1) is 6.92 Å². The molecule has 0 spiro atoms. The van der Waals surface area contributed by atoms with E-state index in [-0.39, 0.29) is 0 Å². The van der Waals surface area contributed by atoms with Gasteiger partial charge in [0.2, 0.25) is 0 Å². The third-order valence-corrected chi connectivity index (χ3v) is 3.00. The Morgan fingerprint density at radius 3 is 2.78 bits per heavy atom. The first-order valence-corrected chi connectivity index (χ1v) is 6.68. The number of hydrogen-bond acceptors (Lipinski definition) is 2. The summed E-state index contributed by atoms with van der Waals surface area (Å²) in [6, 6.07) is 6.68. The van der Waals surface area contributed by atoms with Gasteiger partial charge in [-0.25, -0.2) is 0 Å². The molecule has 18 heavy (non-hydrogen) atoms.